The maximum atomic E-state index is 12.0. The highest BCUT2D eigenvalue weighted by Crippen LogP contribution is 2.16. The van der Waals surface area contributed by atoms with Gasteiger partial charge in [-0.3, -0.25) is 4.79 Å². The molecule has 0 radical (unpaired) electrons. The van der Waals surface area contributed by atoms with Gasteiger partial charge in [0.05, 0.1) is 12.1 Å². The fraction of sp³-hybridized carbons (Fsp3) is 0.500. The van der Waals surface area contributed by atoms with Crippen molar-refractivity contribution in [3.63, 3.8) is 0 Å². The van der Waals surface area contributed by atoms with E-state index in [9.17, 15) is 4.79 Å². The van der Waals surface area contributed by atoms with E-state index in [0.717, 1.165) is 10.2 Å². The second kappa shape index (κ2) is 6.91. The van der Waals surface area contributed by atoms with Gasteiger partial charge in [-0.1, -0.05) is 15.9 Å². The zero-order chi connectivity index (χ0) is 14.5. The second-order valence-corrected chi connectivity index (χ2v) is 5.82. The molecule has 5 heteroatoms. The molecule has 0 bridgehead atoms. The standard InChI is InChI=1S/C14H21BrN2O2/c1-4-17(13(18)14(2,3)16)9-10-19-12-7-5-11(15)6-8-12/h5-8H,4,9-10,16H2,1-3H3. The van der Waals surface area contributed by atoms with Crippen molar-refractivity contribution in [2.75, 3.05) is 19.7 Å². The minimum absolute atomic E-state index is 0.0607. The molecule has 0 saturated carbocycles. The zero-order valence-corrected chi connectivity index (χ0v) is 13.2. The van der Waals surface area contributed by atoms with Crippen LogP contribution in [0.25, 0.3) is 0 Å². The zero-order valence-electron chi connectivity index (χ0n) is 11.6. The van der Waals surface area contributed by atoms with Crippen LogP contribution in [0.15, 0.2) is 28.7 Å². The molecule has 1 rings (SSSR count). The number of carbonyl (C=O) groups is 1. The molecule has 19 heavy (non-hydrogen) atoms. The summed E-state index contributed by atoms with van der Waals surface area (Å²) in [6.07, 6.45) is 0. The summed E-state index contributed by atoms with van der Waals surface area (Å²) >= 11 is 3.37. The van der Waals surface area contributed by atoms with Crippen LogP contribution in [0.5, 0.6) is 5.75 Å². The van der Waals surface area contributed by atoms with Gasteiger partial charge >= 0.3 is 0 Å². The van der Waals surface area contributed by atoms with Crippen LogP contribution >= 0.6 is 15.9 Å². The Kier molecular flexibility index (Phi) is 5.82. The number of hydrogen-bond donors (Lipinski definition) is 1. The van der Waals surface area contributed by atoms with Crippen molar-refractivity contribution in [3.8, 4) is 5.75 Å². The molecular weight excluding hydrogens is 308 g/mol. The molecule has 0 saturated heterocycles. The highest BCUT2D eigenvalue weighted by Gasteiger charge is 2.26. The van der Waals surface area contributed by atoms with Crippen molar-refractivity contribution in [2.45, 2.75) is 26.3 Å². The number of benzene rings is 1. The smallest absolute Gasteiger partial charge is 0.242 e. The number of halogens is 1. The molecule has 106 valence electrons. The van der Waals surface area contributed by atoms with E-state index in [1.54, 1.807) is 18.7 Å². The number of amides is 1. The van der Waals surface area contributed by atoms with E-state index in [-0.39, 0.29) is 5.91 Å². The van der Waals surface area contributed by atoms with Crippen molar-refractivity contribution in [1.82, 2.24) is 4.90 Å². The van der Waals surface area contributed by atoms with Crippen LogP contribution in [0.2, 0.25) is 0 Å². The summed E-state index contributed by atoms with van der Waals surface area (Å²) in [6.45, 7) is 6.98. The molecule has 0 aliphatic heterocycles. The molecular formula is C14H21BrN2O2. The number of nitrogens with zero attached hydrogens (tertiary/aromatic N) is 1. The number of nitrogens with two attached hydrogens (primary N) is 1. The number of rotatable bonds is 6. The maximum absolute atomic E-state index is 12.0. The van der Waals surface area contributed by atoms with Gasteiger partial charge in [-0.05, 0) is 45.0 Å². The Hall–Kier alpha value is -1.07. The van der Waals surface area contributed by atoms with E-state index in [2.05, 4.69) is 15.9 Å². The van der Waals surface area contributed by atoms with Gasteiger partial charge in [-0.2, -0.15) is 0 Å². The summed E-state index contributed by atoms with van der Waals surface area (Å²) in [4.78, 5) is 13.7. The predicted octanol–water partition coefficient (Wildman–Crippen LogP) is 2.41. The molecule has 0 aliphatic rings. The fourth-order valence-electron chi connectivity index (χ4n) is 1.62. The van der Waals surface area contributed by atoms with Gasteiger partial charge in [-0.15, -0.1) is 0 Å². The molecule has 0 aromatic heterocycles. The lowest BCUT2D eigenvalue weighted by atomic mass is 10.1. The second-order valence-electron chi connectivity index (χ2n) is 4.91. The van der Waals surface area contributed by atoms with Gasteiger partial charge < -0.3 is 15.4 Å². The first-order valence-corrected chi connectivity index (χ1v) is 7.10. The van der Waals surface area contributed by atoms with Crippen molar-refractivity contribution in [2.24, 2.45) is 5.73 Å². The first kappa shape index (κ1) is 16.0. The summed E-state index contributed by atoms with van der Waals surface area (Å²) in [5.74, 6) is 0.730. The summed E-state index contributed by atoms with van der Waals surface area (Å²) in [7, 11) is 0. The van der Waals surface area contributed by atoms with E-state index in [0.29, 0.717) is 19.7 Å². The third kappa shape index (κ3) is 5.20. The highest BCUT2D eigenvalue weighted by molar-refractivity contribution is 9.10. The third-order valence-electron chi connectivity index (χ3n) is 2.66. The van der Waals surface area contributed by atoms with Crippen LogP contribution in [0, 0.1) is 0 Å². The van der Waals surface area contributed by atoms with Crippen LogP contribution in [0.4, 0.5) is 0 Å². The van der Waals surface area contributed by atoms with Crippen molar-refractivity contribution in [1.29, 1.82) is 0 Å². The Bertz CT molecular complexity index is 412. The first-order chi connectivity index (χ1) is 8.84. The molecule has 0 aliphatic carbocycles. The number of ether oxygens (including phenoxy) is 1. The largest absolute Gasteiger partial charge is 0.492 e. The van der Waals surface area contributed by atoms with Crippen LogP contribution < -0.4 is 10.5 Å². The Balaban J connectivity index is 2.46. The molecule has 1 amide bonds. The van der Waals surface area contributed by atoms with Gasteiger partial charge in [0.2, 0.25) is 5.91 Å². The number of likely N-dealkylation sites (N-methyl/N-ethyl adjacent to an activating group) is 1. The molecule has 0 unspecified atom stereocenters. The van der Waals surface area contributed by atoms with Gasteiger partial charge in [0, 0.05) is 11.0 Å². The molecule has 4 nitrogen and oxygen atoms in total. The number of carbonyl (C=O) groups excluding carboxylic acids is 1. The van der Waals surface area contributed by atoms with Crippen molar-refractivity contribution >= 4 is 21.8 Å². The van der Waals surface area contributed by atoms with Crippen LogP contribution in [0.1, 0.15) is 20.8 Å². The molecule has 0 spiro atoms. The monoisotopic (exact) mass is 328 g/mol. The van der Waals surface area contributed by atoms with E-state index in [1.165, 1.54) is 0 Å². The SMILES string of the molecule is CCN(CCOc1ccc(Br)cc1)C(=O)C(C)(C)N. The van der Waals surface area contributed by atoms with Crippen LogP contribution in [-0.4, -0.2) is 36.0 Å². The average molecular weight is 329 g/mol. The van der Waals surface area contributed by atoms with E-state index in [1.807, 2.05) is 31.2 Å². The fourth-order valence-corrected chi connectivity index (χ4v) is 1.88. The normalized spacial score (nSPS) is 11.2. The lowest BCUT2D eigenvalue weighted by molar-refractivity contribution is -0.135. The maximum Gasteiger partial charge on any atom is 0.242 e. The Morgan fingerprint density at radius 2 is 1.95 bits per heavy atom. The lowest BCUT2D eigenvalue weighted by Gasteiger charge is -2.28. The lowest BCUT2D eigenvalue weighted by Crippen LogP contribution is -2.52. The minimum Gasteiger partial charge on any atom is -0.492 e. The minimum atomic E-state index is -0.840. The Labute approximate surface area is 123 Å². The van der Waals surface area contributed by atoms with Crippen molar-refractivity contribution < 1.29 is 9.53 Å². The van der Waals surface area contributed by atoms with Gasteiger partial charge in [0.15, 0.2) is 0 Å². The van der Waals surface area contributed by atoms with E-state index < -0.39 is 5.54 Å². The summed E-state index contributed by atoms with van der Waals surface area (Å²) in [5, 5.41) is 0. The van der Waals surface area contributed by atoms with Gasteiger partial charge in [0.1, 0.15) is 12.4 Å². The summed E-state index contributed by atoms with van der Waals surface area (Å²) < 4.78 is 6.61. The average Bonchev–Trinajstić information content (AvgIpc) is 2.35. The quantitative estimate of drug-likeness (QED) is 0.872. The van der Waals surface area contributed by atoms with Gasteiger partial charge in [0.25, 0.3) is 0 Å². The van der Waals surface area contributed by atoms with Gasteiger partial charge in [-0.25, -0.2) is 0 Å². The molecule has 0 heterocycles. The molecule has 0 atom stereocenters. The molecule has 2 N–H and O–H groups in total. The number of hydrogen-bond acceptors (Lipinski definition) is 3. The summed E-state index contributed by atoms with van der Waals surface area (Å²) in [6, 6.07) is 7.60. The van der Waals surface area contributed by atoms with Crippen molar-refractivity contribution in [3.05, 3.63) is 28.7 Å². The Morgan fingerprint density at radius 1 is 1.37 bits per heavy atom. The predicted molar refractivity (Wildman–Crippen MR) is 80.2 cm³/mol. The molecule has 1 aromatic rings. The Morgan fingerprint density at radius 3 is 2.42 bits per heavy atom. The van der Waals surface area contributed by atoms with Crippen LogP contribution in [-0.2, 0) is 4.79 Å². The first-order valence-electron chi connectivity index (χ1n) is 6.31. The van der Waals surface area contributed by atoms with Crippen LogP contribution in [0.3, 0.4) is 0 Å². The highest BCUT2D eigenvalue weighted by atomic mass is 79.9. The molecule has 0 fully saturated rings. The van der Waals surface area contributed by atoms with E-state index in [4.69, 9.17) is 10.5 Å². The summed E-state index contributed by atoms with van der Waals surface area (Å²) in [5.41, 5.74) is 4.98. The molecule has 1 aromatic carbocycles. The topological polar surface area (TPSA) is 55.6 Å². The third-order valence-corrected chi connectivity index (χ3v) is 3.19. The van der Waals surface area contributed by atoms with E-state index >= 15 is 0 Å².